The van der Waals surface area contributed by atoms with Crippen molar-refractivity contribution in [3.8, 4) is 5.75 Å². The minimum absolute atomic E-state index is 0.00924. The minimum Gasteiger partial charge on any atom is -0.493 e. The molecule has 0 bridgehead atoms. The molecule has 6 nitrogen and oxygen atoms in total. The Labute approximate surface area is 117 Å². The van der Waals surface area contributed by atoms with Gasteiger partial charge in [-0.3, -0.25) is 9.89 Å². The van der Waals surface area contributed by atoms with Gasteiger partial charge in [0.15, 0.2) is 0 Å². The standard InChI is InChI=1S/C14H18N4O2/c1-11-5-3-4-6-12(11)20-8-7-14(19)18(2)9-13-15-10-16-17-13/h3-6,10H,7-9H2,1-2H3,(H,15,16,17). The van der Waals surface area contributed by atoms with Gasteiger partial charge in [0.25, 0.3) is 0 Å². The summed E-state index contributed by atoms with van der Waals surface area (Å²) in [6, 6.07) is 7.75. The lowest BCUT2D eigenvalue weighted by atomic mass is 10.2. The number of amides is 1. The zero-order chi connectivity index (χ0) is 14.4. The number of para-hydroxylation sites is 1. The molecule has 2 aromatic rings. The van der Waals surface area contributed by atoms with Gasteiger partial charge < -0.3 is 9.64 Å². The average molecular weight is 274 g/mol. The van der Waals surface area contributed by atoms with E-state index in [0.717, 1.165) is 11.3 Å². The number of rotatable bonds is 6. The molecule has 20 heavy (non-hydrogen) atoms. The second kappa shape index (κ2) is 6.70. The van der Waals surface area contributed by atoms with Crippen LogP contribution in [0, 0.1) is 6.92 Å². The Morgan fingerprint density at radius 2 is 2.20 bits per heavy atom. The maximum Gasteiger partial charge on any atom is 0.226 e. The molecule has 1 heterocycles. The number of carbonyl (C=O) groups is 1. The van der Waals surface area contributed by atoms with E-state index in [-0.39, 0.29) is 5.91 Å². The number of hydrogen-bond donors (Lipinski definition) is 1. The maximum atomic E-state index is 11.9. The number of ether oxygens (including phenoxy) is 1. The Kier molecular flexibility index (Phi) is 4.70. The van der Waals surface area contributed by atoms with Crippen molar-refractivity contribution in [3.63, 3.8) is 0 Å². The third kappa shape index (κ3) is 3.81. The monoisotopic (exact) mass is 274 g/mol. The number of aromatic amines is 1. The third-order valence-electron chi connectivity index (χ3n) is 2.94. The summed E-state index contributed by atoms with van der Waals surface area (Å²) in [5, 5.41) is 6.47. The lowest BCUT2D eigenvalue weighted by Crippen LogP contribution is -2.28. The summed E-state index contributed by atoms with van der Waals surface area (Å²) in [6.45, 7) is 2.76. The zero-order valence-electron chi connectivity index (χ0n) is 11.7. The first-order valence-corrected chi connectivity index (χ1v) is 6.43. The predicted octanol–water partition coefficient (Wildman–Crippen LogP) is 1.54. The molecule has 0 unspecified atom stereocenters. The highest BCUT2D eigenvalue weighted by molar-refractivity contribution is 5.75. The number of nitrogens with one attached hydrogen (secondary N) is 1. The van der Waals surface area contributed by atoms with Crippen LogP contribution in [0.1, 0.15) is 17.8 Å². The fourth-order valence-electron chi connectivity index (χ4n) is 1.78. The Hall–Kier alpha value is -2.37. The molecule has 106 valence electrons. The van der Waals surface area contributed by atoms with E-state index in [1.807, 2.05) is 31.2 Å². The van der Waals surface area contributed by atoms with Crippen molar-refractivity contribution in [2.24, 2.45) is 0 Å². The predicted molar refractivity (Wildman–Crippen MR) is 74.1 cm³/mol. The second-order valence-corrected chi connectivity index (χ2v) is 4.55. The highest BCUT2D eigenvalue weighted by Crippen LogP contribution is 2.16. The van der Waals surface area contributed by atoms with Crippen molar-refractivity contribution in [2.45, 2.75) is 19.9 Å². The summed E-state index contributed by atoms with van der Waals surface area (Å²) in [7, 11) is 1.73. The number of H-pyrrole nitrogens is 1. The molecule has 0 atom stereocenters. The molecule has 0 aliphatic rings. The Morgan fingerprint density at radius 1 is 1.40 bits per heavy atom. The van der Waals surface area contributed by atoms with Gasteiger partial charge in [-0.2, -0.15) is 5.10 Å². The first-order valence-electron chi connectivity index (χ1n) is 6.43. The van der Waals surface area contributed by atoms with Crippen molar-refractivity contribution in [3.05, 3.63) is 42.0 Å². The molecule has 1 aromatic carbocycles. The second-order valence-electron chi connectivity index (χ2n) is 4.55. The quantitative estimate of drug-likeness (QED) is 0.867. The molecule has 1 N–H and O–H groups in total. The van der Waals surface area contributed by atoms with Crippen LogP contribution in [0.4, 0.5) is 0 Å². The number of aromatic nitrogens is 3. The molecule has 1 aromatic heterocycles. The summed E-state index contributed by atoms with van der Waals surface area (Å²) in [4.78, 5) is 17.5. The molecular formula is C14H18N4O2. The SMILES string of the molecule is Cc1ccccc1OCCC(=O)N(C)Cc1ncn[nH]1. The molecule has 0 fully saturated rings. The molecule has 0 aliphatic heterocycles. The highest BCUT2D eigenvalue weighted by Gasteiger charge is 2.11. The van der Waals surface area contributed by atoms with Gasteiger partial charge in [0, 0.05) is 7.05 Å². The number of carbonyl (C=O) groups excluding carboxylic acids is 1. The number of hydrogen-bond acceptors (Lipinski definition) is 4. The topological polar surface area (TPSA) is 71.1 Å². The Balaban J connectivity index is 1.76. The first-order chi connectivity index (χ1) is 9.66. The average Bonchev–Trinajstić information content (AvgIpc) is 2.93. The molecule has 0 saturated heterocycles. The first kappa shape index (κ1) is 14.0. The van der Waals surface area contributed by atoms with Crippen molar-refractivity contribution in [1.82, 2.24) is 20.1 Å². The fourth-order valence-corrected chi connectivity index (χ4v) is 1.78. The van der Waals surface area contributed by atoms with Crippen LogP contribution in [0.3, 0.4) is 0 Å². The lowest BCUT2D eigenvalue weighted by molar-refractivity contribution is -0.131. The molecular weight excluding hydrogens is 256 g/mol. The van der Waals surface area contributed by atoms with Gasteiger partial charge in [-0.1, -0.05) is 18.2 Å². The van der Waals surface area contributed by atoms with Crippen molar-refractivity contribution < 1.29 is 9.53 Å². The highest BCUT2D eigenvalue weighted by atomic mass is 16.5. The molecule has 2 rings (SSSR count). The molecule has 0 radical (unpaired) electrons. The molecule has 1 amide bonds. The Morgan fingerprint density at radius 3 is 2.90 bits per heavy atom. The van der Waals surface area contributed by atoms with Crippen LogP contribution in [-0.2, 0) is 11.3 Å². The van der Waals surface area contributed by atoms with E-state index < -0.39 is 0 Å². The van der Waals surface area contributed by atoms with Crippen LogP contribution in [0.2, 0.25) is 0 Å². The fraction of sp³-hybridized carbons (Fsp3) is 0.357. The van der Waals surface area contributed by atoms with E-state index >= 15 is 0 Å². The number of benzene rings is 1. The summed E-state index contributed by atoms with van der Waals surface area (Å²) in [5.41, 5.74) is 1.06. The van der Waals surface area contributed by atoms with Gasteiger partial charge in [-0.25, -0.2) is 4.98 Å². The van der Waals surface area contributed by atoms with Crippen LogP contribution in [0.5, 0.6) is 5.75 Å². The molecule has 0 aliphatic carbocycles. The van der Waals surface area contributed by atoms with Crippen molar-refractivity contribution in [2.75, 3.05) is 13.7 Å². The third-order valence-corrected chi connectivity index (χ3v) is 2.94. The number of nitrogens with zero attached hydrogens (tertiary/aromatic N) is 3. The van der Waals surface area contributed by atoms with Gasteiger partial charge in [-0.05, 0) is 18.6 Å². The zero-order valence-corrected chi connectivity index (χ0v) is 11.7. The van der Waals surface area contributed by atoms with Gasteiger partial charge >= 0.3 is 0 Å². The van der Waals surface area contributed by atoms with Gasteiger partial charge in [0.05, 0.1) is 19.6 Å². The Bertz CT molecular complexity index is 554. The largest absolute Gasteiger partial charge is 0.493 e. The smallest absolute Gasteiger partial charge is 0.226 e. The van der Waals surface area contributed by atoms with E-state index in [9.17, 15) is 4.79 Å². The molecule has 6 heteroatoms. The number of aryl methyl sites for hydroxylation is 1. The van der Waals surface area contributed by atoms with Gasteiger partial charge in [0.2, 0.25) is 5.91 Å². The van der Waals surface area contributed by atoms with Gasteiger partial charge in [-0.15, -0.1) is 0 Å². The normalized spacial score (nSPS) is 10.3. The minimum atomic E-state index is 0.00924. The summed E-state index contributed by atoms with van der Waals surface area (Å²) in [5.74, 6) is 1.49. The van der Waals surface area contributed by atoms with E-state index in [2.05, 4.69) is 15.2 Å². The van der Waals surface area contributed by atoms with Crippen LogP contribution in [-0.4, -0.2) is 39.6 Å². The summed E-state index contributed by atoms with van der Waals surface area (Å²) >= 11 is 0. The van der Waals surface area contributed by atoms with Crippen LogP contribution >= 0.6 is 0 Å². The molecule has 0 spiro atoms. The van der Waals surface area contributed by atoms with E-state index in [4.69, 9.17) is 4.74 Å². The lowest BCUT2D eigenvalue weighted by Gasteiger charge is -2.16. The van der Waals surface area contributed by atoms with Crippen LogP contribution in [0.25, 0.3) is 0 Å². The van der Waals surface area contributed by atoms with Crippen LogP contribution in [0.15, 0.2) is 30.6 Å². The van der Waals surface area contributed by atoms with E-state index in [1.54, 1.807) is 11.9 Å². The van der Waals surface area contributed by atoms with Crippen LogP contribution < -0.4 is 4.74 Å². The van der Waals surface area contributed by atoms with Gasteiger partial charge in [0.1, 0.15) is 17.9 Å². The maximum absolute atomic E-state index is 11.9. The van der Waals surface area contributed by atoms with Crippen molar-refractivity contribution >= 4 is 5.91 Å². The van der Waals surface area contributed by atoms with E-state index in [0.29, 0.717) is 25.4 Å². The van der Waals surface area contributed by atoms with Crippen molar-refractivity contribution in [1.29, 1.82) is 0 Å². The summed E-state index contributed by atoms with van der Waals surface area (Å²) < 4.78 is 5.61. The molecule has 0 saturated carbocycles. The van der Waals surface area contributed by atoms with E-state index in [1.165, 1.54) is 6.33 Å². The summed E-state index contributed by atoms with van der Waals surface area (Å²) in [6.07, 6.45) is 1.76.